The molecule has 18 heavy (non-hydrogen) atoms. The van der Waals surface area contributed by atoms with E-state index in [-0.39, 0.29) is 17.7 Å². The van der Waals surface area contributed by atoms with Gasteiger partial charge < -0.3 is 4.74 Å². The van der Waals surface area contributed by atoms with Crippen LogP contribution >= 0.6 is 0 Å². The topological polar surface area (TPSA) is 29.6 Å². The summed E-state index contributed by atoms with van der Waals surface area (Å²) in [6, 6.07) is 15.1. The molecular formula is C15H11FO2. The third-order valence-electron chi connectivity index (χ3n) is 3.01. The molecule has 2 atom stereocenters. The van der Waals surface area contributed by atoms with Gasteiger partial charge in [0.05, 0.1) is 0 Å². The van der Waals surface area contributed by atoms with Gasteiger partial charge in [-0.3, -0.25) is 4.79 Å². The van der Waals surface area contributed by atoms with Crippen LogP contribution in [-0.2, 0) is 4.74 Å². The summed E-state index contributed by atoms with van der Waals surface area (Å²) in [5.41, 5.74) is 1.48. The van der Waals surface area contributed by atoms with Gasteiger partial charge in [-0.1, -0.05) is 42.5 Å². The van der Waals surface area contributed by atoms with Crippen LogP contribution in [0.15, 0.2) is 54.6 Å². The molecule has 0 N–H and O–H groups in total. The molecule has 0 aliphatic carbocycles. The van der Waals surface area contributed by atoms with Gasteiger partial charge in [-0.15, -0.1) is 0 Å². The standard InChI is InChI=1S/C15H11FO2/c16-12-8-6-11(7-9-12)14-15(18-14)13(17)10-4-2-1-3-5-10/h1-9,14-15H/t14-,15+/m0/s1. The molecule has 2 aromatic carbocycles. The monoisotopic (exact) mass is 242 g/mol. The molecule has 0 amide bonds. The predicted octanol–water partition coefficient (Wildman–Crippen LogP) is 3.15. The number of benzene rings is 2. The zero-order valence-electron chi connectivity index (χ0n) is 9.55. The number of hydrogen-bond acceptors (Lipinski definition) is 2. The van der Waals surface area contributed by atoms with Gasteiger partial charge in [0.1, 0.15) is 11.9 Å². The Morgan fingerprint density at radius 1 is 1.00 bits per heavy atom. The summed E-state index contributed by atoms with van der Waals surface area (Å²) in [5, 5.41) is 0. The van der Waals surface area contributed by atoms with Crippen LogP contribution in [0, 0.1) is 5.82 Å². The van der Waals surface area contributed by atoms with Crippen molar-refractivity contribution in [1.29, 1.82) is 0 Å². The van der Waals surface area contributed by atoms with Crippen LogP contribution in [0.4, 0.5) is 4.39 Å². The fourth-order valence-electron chi connectivity index (χ4n) is 1.98. The van der Waals surface area contributed by atoms with Gasteiger partial charge in [-0.2, -0.15) is 0 Å². The van der Waals surface area contributed by atoms with Crippen LogP contribution in [0.5, 0.6) is 0 Å². The molecule has 1 aliphatic rings. The normalized spacial score (nSPS) is 21.6. The maximum absolute atomic E-state index is 12.8. The largest absolute Gasteiger partial charge is 0.356 e. The minimum Gasteiger partial charge on any atom is -0.356 e. The maximum Gasteiger partial charge on any atom is 0.194 e. The van der Waals surface area contributed by atoms with E-state index in [0.29, 0.717) is 5.56 Å². The summed E-state index contributed by atoms with van der Waals surface area (Å²) in [5.74, 6) is -0.310. The summed E-state index contributed by atoms with van der Waals surface area (Å²) in [6.45, 7) is 0. The van der Waals surface area contributed by atoms with Crippen molar-refractivity contribution in [2.24, 2.45) is 0 Å². The first-order chi connectivity index (χ1) is 8.75. The van der Waals surface area contributed by atoms with Crippen molar-refractivity contribution in [2.75, 3.05) is 0 Å². The van der Waals surface area contributed by atoms with Gasteiger partial charge in [0.25, 0.3) is 0 Å². The lowest BCUT2D eigenvalue weighted by Gasteiger charge is -1.97. The Labute approximate surface area is 104 Å². The van der Waals surface area contributed by atoms with Crippen molar-refractivity contribution in [2.45, 2.75) is 12.2 Å². The van der Waals surface area contributed by atoms with Crippen molar-refractivity contribution >= 4 is 5.78 Å². The first-order valence-corrected chi connectivity index (χ1v) is 5.76. The fourth-order valence-corrected chi connectivity index (χ4v) is 1.98. The Morgan fingerprint density at radius 3 is 2.33 bits per heavy atom. The zero-order valence-corrected chi connectivity index (χ0v) is 9.55. The fraction of sp³-hybridized carbons (Fsp3) is 0.133. The molecule has 1 saturated heterocycles. The zero-order chi connectivity index (χ0) is 12.5. The Morgan fingerprint density at radius 2 is 1.67 bits per heavy atom. The molecule has 1 heterocycles. The molecule has 2 nitrogen and oxygen atoms in total. The van der Waals surface area contributed by atoms with Gasteiger partial charge in [0.15, 0.2) is 11.9 Å². The van der Waals surface area contributed by atoms with E-state index >= 15 is 0 Å². The van der Waals surface area contributed by atoms with Crippen molar-refractivity contribution < 1.29 is 13.9 Å². The summed E-state index contributed by atoms with van der Waals surface area (Å²) in [6.07, 6.45) is -0.670. The molecule has 2 aromatic rings. The number of carbonyl (C=O) groups is 1. The molecule has 0 unspecified atom stereocenters. The van der Waals surface area contributed by atoms with E-state index in [1.807, 2.05) is 18.2 Å². The molecule has 1 fully saturated rings. The lowest BCUT2D eigenvalue weighted by molar-refractivity contribution is 0.0953. The SMILES string of the molecule is O=C(c1ccccc1)[C@H]1O[C@H]1c1ccc(F)cc1. The van der Waals surface area contributed by atoms with E-state index in [1.54, 1.807) is 24.3 Å². The molecule has 90 valence electrons. The van der Waals surface area contributed by atoms with Gasteiger partial charge in [0.2, 0.25) is 0 Å². The lowest BCUT2D eigenvalue weighted by Crippen LogP contribution is -2.07. The molecule has 1 aliphatic heterocycles. The number of rotatable bonds is 3. The van der Waals surface area contributed by atoms with Gasteiger partial charge in [-0.05, 0) is 17.7 Å². The van der Waals surface area contributed by atoms with E-state index in [4.69, 9.17) is 4.74 Å². The number of epoxide rings is 1. The average molecular weight is 242 g/mol. The van der Waals surface area contributed by atoms with Crippen LogP contribution < -0.4 is 0 Å². The van der Waals surface area contributed by atoms with E-state index < -0.39 is 6.10 Å². The average Bonchev–Trinajstić information content (AvgIpc) is 3.20. The van der Waals surface area contributed by atoms with Crippen molar-refractivity contribution in [1.82, 2.24) is 0 Å². The molecule has 0 aromatic heterocycles. The van der Waals surface area contributed by atoms with Gasteiger partial charge >= 0.3 is 0 Å². The number of carbonyl (C=O) groups excluding carboxylic acids is 1. The highest BCUT2D eigenvalue weighted by Gasteiger charge is 2.46. The Kier molecular flexibility index (Phi) is 2.68. The Balaban J connectivity index is 1.75. The van der Waals surface area contributed by atoms with E-state index in [1.165, 1.54) is 12.1 Å². The number of Topliss-reactive ketones (excluding diaryl/α,β-unsaturated/α-hetero) is 1. The molecule has 0 bridgehead atoms. The highest BCUT2D eigenvalue weighted by Crippen LogP contribution is 2.40. The third-order valence-corrected chi connectivity index (χ3v) is 3.01. The maximum atomic E-state index is 12.8. The number of halogens is 1. The second kappa shape index (κ2) is 4.35. The number of ketones is 1. The summed E-state index contributed by atoms with van der Waals surface area (Å²) in [4.78, 5) is 12.1. The smallest absolute Gasteiger partial charge is 0.194 e. The molecule has 0 spiro atoms. The highest BCUT2D eigenvalue weighted by molar-refractivity contribution is 6.01. The van der Waals surface area contributed by atoms with Gasteiger partial charge in [-0.25, -0.2) is 4.39 Å². The quantitative estimate of drug-likeness (QED) is 0.611. The van der Waals surface area contributed by atoms with E-state index in [2.05, 4.69) is 0 Å². The van der Waals surface area contributed by atoms with E-state index in [9.17, 15) is 9.18 Å². The molecule has 0 radical (unpaired) electrons. The number of ether oxygens (including phenoxy) is 1. The summed E-state index contributed by atoms with van der Waals surface area (Å²) in [7, 11) is 0. The first kappa shape index (κ1) is 11.1. The van der Waals surface area contributed by atoms with Gasteiger partial charge in [0, 0.05) is 5.56 Å². The second-order valence-electron chi connectivity index (χ2n) is 4.26. The Hall–Kier alpha value is -2.00. The summed E-state index contributed by atoms with van der Waals surface area (Å²) >= 11 is 0. The summed E-state index contributed by atoms with van der Waals surface area (Å²) < 4.78 is 18.2. The minimum absolute atomic E-state index is 0.0232. The van der Waals surface area contributed by atoms with Crippen molar-refractivity contribution in [3.05, 3.63) is 71.5 Å². The molecule has 3 rings (SSSR count). The van der Waals surface area contributed by atoms with Crippen LogP contribution in [0.25, 0.3) is 0 Å². The number of hydrogen-bond donors (Lipinski definition) is 0. The van der Waals surface area contributed by atoms with Crippen molar-refractivity contribution in [3.8, 4) is 0 Å². The molecule has 3 heteroatoms. The lowest BCUT2D eigenvalue weighted by atomic mass is 10.0. The first-order valence-electron chi connectivity index (χ1n) is 5.76. The predicted molar refractivity (Wildman–Crippen MR) is 64.8 cm³/mol. The van der Waals surface area contributed by atoms with Crippen LogP contribution in [-0.4, -0.2) is 11.9 Å². The minimum atomic E-state index is -0.433. The highest BCUT2D eigenvalue weighted by atomic mass is 19.1. The molecular weight excluding hydrogens is 231 g/mol. The third kappa shape index (κ3) is 2.05. The van der Waals surface area contributed by atoms with Crippen molar-refractivity contribution in [3.63, 3.8) is 0 Å². The van der Waals surface area contributed by atoms with Crippen LogP contribution in [0.3, 0.4) is 0 Å². The van der Waals surface area contributed by atoms with E-state index in [0.717, 1.165) is 5.56 Å². The second-order valence-corrected chi connectivity index (χ2v) is 4.26. The van der Waals surface area contributed by atoms with Crippen LogP contribution in [0.1, 0.15) is 22.0 Å². The molecule has 0 saturated carbocycles. The Bertz CT molecular complexity index is 563. The van der Waals surface area contributed by atoms with Crippen LogP contribution in [0.2, 0.25) is 0 Å².